The molecule has 0 spiro atoms. The van der Waals surface area contributed by atoms with Crippen LogP contribution in [-0.4, -0.2) is 23.6 Å². The Kier molecular flexibility index (Phi) is 6.41. The van der Waals surface area contributed by atoms with Gasteiger partial charge in [-0.1, -0.05) is 54.6 Å². The second kappa shape index (κ2) is 9.37. The number of carboxylic acid groups (broad SMARTS) is 1. The van der Waals surface area contributed by atoms with Gasteiger partial charge >= 0.3 is 5.97 Å². The molecule has 0 aliphatic rings. The van der Waals surface area contributed by atoms with E-state index in [1.54, 1.807) is 30.3 Å². The van der Waals surface area contributed by atoms with Crippen molar-refractivity contribution < 1.29 is 19.4 Å². The number of aromatic carboxylic acids is 1. The van der Waals surface area contributed by atoms with E-state index in [0.29, 0.717) is 18.0 Å². The van der Waals surface area contributed by atoms with Crippen LogP contribution in [-0.2, 0) is 6.42 Å². The largest absolute Gasteiger partial charge is 0.491 e. The van der Waals surface area contributed by atoms with Crippen molar-refractivity contribution in [3.63, 3.8) is 0 Å². The van der Waals surface area contributed by atoms with Gasteiger partial charge < -0.3 is 15.2 Å². The van der Waals surface area contributed by atoms with Gasteiger partial charge in [0.2, 0.25) is 0 Å². The first-order valence-corrected chi connectivity index (χ1v) is 9.04. The second-order valence-electron chi connectivity index (χ2n) is 6.24. The quantitative estimate of drug-likeness (QED) is 0.562. The number of ether oxygens (including phenoxy) is 1. The topological polar surface area (TPSA) is 75.6 Å². The van der Waals surface area contributed by atoms with Crippen LogP contribution >= 0.6 is 0 Å². The van der Waals surface area contributed by atoms with E-state index in [2.05, 4.69) is 17.4 Å². The number of carbonyl (C=O) groups excluding carboxylic acids is 1. The maximum Gasteiger partial charge on any atom is 0.336 e. The van der Waals surface area contributed by atoms with Crippen molar-refractivity contribution in [3.8, 4) is 5.75 Å². The molecule has 0 fully saturated rings. The summed E-state index contributed by atoms with van der Waals surface area (Å²) in [7, 11) is 0. The number of nitrogens with one attached hydrogen (secondary N) is 1. The van der Waals surface area contributed by atoms with E-state index in [-0.39, 0.29) is 11.1 Å². The van der Waals surface area contributed by atoms with Gasteiger partial charge in [0.1, 0.15) is 5.75 Å². The van der Waals surface area contributed by atoms with E-state index in [1.807, 2.05) is 24.3 Å². The van der Waals surface area contributed by atoms with Crippen LogP contribution < -0.4 is 10.1 Å². The van der Waals surface area contributed by atoms with Gasteiger partial charge in [0.25, 0.3) is 5.91 Å². The van der Waals surface area contributed by atoms with E-state index in [4.69, 9.17) is 4.74 Å². The lowest BCUT2D eigenvalue weighted by molar-refractivity contribution is 0.0692. The normalized spacial score (nSPS) is 10.3. The van der Waals surface area contributed by atoms with E-state index in [9.17, 15) is 14.7 Å². The predicted octanol–water partition coefficient (Wildman–Crippen LogP) is 4.65. The molecule has 0 atom stereocenters. The van der Waals surface area contributed by atoms with Crippen molar-refractivity contribution in [2.75, 3.05) is 11.9 Å². The summed E-state index contributed by atoms with van der Waals surface area (Å²) in [6.45, 7) is 0.507. The number of hydrogen-bond donors (Lipinski definition) is 2. The molecule has 0 radical (unpaired) electrons. The molecule has 142 valence electrons. The van der Waals surface area contributed by atoms with Crippen molar-refractivity contribution in [1.82, 2.24) is 0 Å². The Labute approximate surface area is 163 Å². The minimum atomic E-state index is -1.14. The Bertz CT molecular complexity index is 954. The highest BCUT2D eigenvalue weighted by Crippen LogP contribution is 2.25. The zero-order valence-electron chi connectivity index (χ0n) is 15.3. The molecule has 0 unspecified atom stereocenters. The molecule has 0 saturated carbocycles. The third-order valence-corrected chi connectivity index (χ3v) is 4.25. The van der Waals surface area contributed by atoms with Crippen LogP contribution in [0.15, 0.2) is 78.9 Å². The van der Waals surface area contributed by atoms with Crippen LogP contribution in [0.4, 0.5) is 5.69 Å². The summed E-state index contributed by atoms with van der Waals surface area (Å²) < 4.78 is 5.84. The van der Waals surface area contributed by atoms with Gasteiger partial charge in [0, 0.05) is 0 Å². The van der Waals surface area contributed by atoms with Gasteiger partial charge in [-0.05, 0) is 42.7 Å². The number of benzene rings is 3. The van der Waals surface area contributed by atoms with E-state index >= 15 is 0 Å². The van der Waals surface area contributed by atoms with Gasteiger partial charge in [0.15, 0.2) is 0 Å². The molecule has 0 heterocycles. The molecule has 1 amide bonds. The van der Waals surface area contributed by atoms with E-state index < -0.39 is 11.9 Å². The van der Waals surface area contributed by atoms with Crippen molar-refractivity contribution in [1.29, 1.82) is 0 Å². The first-order chi connectivity index (χ1) is 13.6. The maximum absolute atomic E-state index is 12.6. The molecule has 3 aromatic carbocycles. The highest BCUT2D eigenvalue weighted by atomic mass is 16.5. The summed E-state index contributed by atoms with van der Waals surface area (Å²) in [4.78, 5) is 23.9. The van der Waals surface area contributed by atoms with Crippen molar-refractivity contribution in [2.45, 2.75) is 12.8 Å². The zero-order valence-corrected chi connectivity index (χ0v) is 15.3. The van der Waals surface area contributed by atoms with Gasteiger partial charge in [-0.3, -0.25) is 4.79 Å². The van der Waals surface area contributed by atoms with Gasteiger partial charge in [-0.15, -0.1) is 0 Å². The molecule has 0 bridgehead atoms. The smallest absolute Gasteiger partial charge is 0.336 e. The Morgan fingerprint density at radius 2 is 1.46 bits per heavy atom. The fraction of sp³-hybridized carbons (Fsp3) is 0.130. The standard InChI is InChI=1S/C23H21NO4/c25-22(18-12-4-5-13-19(18)23(26)27)24-20-14-6-7-15-21(20)28-16-8-11-17-9-2-1-3-10-17/h1-7,9-10,12-15H,8,11,16H2,(H,24,25)(H,26,27). The summed E-state index contributed by atoms with van der Waals surface area (Å²) in [6.07, 6.45) is 1.75. The lowest BCUT2D eigenvalue weighted by Gasteiger charge is -2.13. The monoisotopic (exact) mass is 375 g/mol. The summed E-state index contributed by atoms with van der Waals surface area (Å²) >= 11 is 0. The molecule has 28 heavy (non-hydrogen) atoms. The molecule has 0 aromatic heterocycles. The molecule has 2 N–H and O–H groups in total. The maximum atomic E-state index is 12.6. The fourth-order valence-electron chi connectivity index (χ4n) is 2.86. The van der Waals surface area contributed by atoms with E-state index in [1.165, 1.54) is 17.7 Å². The molecule has 0 aliphatic heterocycles. The molecule has 5 nitrogen and oxygen atoms in total. The SMILES string of the molecule is O=C(O)c1ccccc1C(=O)Nc1ccccc1OCCCc1ccccc1. The summed E-state index contributed by atoms with van der Waals surface area (Å²) in [5.74, 6) is -1.08. The van der Waals surface area contributed by atoms with Gasteiger partial charge in [-0.25, -0.2) is 4.79 Å². The fourth-order valence-corrected chi connectivity index (χ4v) is 2.86. The number of para-hydroxylation sites is 2. The molecule has 3 aromatic rings. The molecule has 3 rings (SSSR count). The molecular formula is C23H21NO4. The highest BCUT2D eigenvalue weighted by Gasteiger charge is 2.17. The predicted molar refractivity (Wildman–Crippen MR) is 108 cm³/mol. The first-order valence-electron chi connectivity index (χ1n) is 9.04. The van der Waals surface area contributed by atoms with Crippen LogP contribution in [0.2, 0.25) is 0 Å². The number of carbonyl (C=O) groups is 2. The summed E-state index contributed by atoms with van der Waals surface area (Å²) in [6, 6.07) is 23.4. The Morgan fingerprint density at radius 3 is 2.21 bits per heavy atom. The van der Waals surface area contributed by atoms with Gasteiger partial charge in [0.05, 0.1) is 23.4 Å². The number of carboxylic acids is 1. The average molecular weight is 375 g/mol. The van der Waals surface area contributed by atoms with Gasteiger partial charge in [-0.2, -0.15) is 0 Å². The molecule has 0 saturated heterocycles. The Balaban J connectivity index is 1.64. The first kappa shape index (κ1) is 19.2. The lowest BCUT2D eigenvalue weighted by atomic mass is 10.1. The molecule has 5 heteroatoms. The number of hydrogen-bond acceptors (Lipinski definition) is 3. The second-order valence-corrected chi connectivity index (χ2v) is 6.24. The van der Waals surface area contributed by atoms with Crippen molar-refractivity contribution in [2.24, 2.45) is 0 Å². The molecule has 0 aliphatic carbocycles. The minimum absolute atomic E-state index is 0.0405. The van der Waals surface area contributed by atoms with Crippen LogP contribution in [0.25, 0.3) is 0 Å². The lowest BCUT2D eigenvalue weighted by Crippen LogP contribution is -2.17. The highest BCUT2D eigenvalue weighted by molar-refractivity contribution is 6.11. The average Bonchev–Trinajstić information content (AvgIpc) is 2.73. The molecular weight excluding hydrogens is 354 g/mol. The van der Waals surface area contributed by atoms with Crippen molar-refractivity contribution >= 4 is 17.6 Å². The van der Waals surface area contributed by atoms with E-state index in [0.717, 1.165) is 12.8 Å². The Hall–Kier alpha value is -3.60. The van der Waals surface area contributed by atoms with Crippen LogP contribution in [0, 0.1) is 0 Å². The van der Waals surface area contributed by atoms with Crippen LogP contribution in [0.1, 0.15) is 32.7 Å². The Morgan fingerprint density at radius 1 is 0.821 bits per heavy atom. The number of rotatable bonds is 8. The minimum Gasteiger partial charge on any atom is -0.491 e. The van der Waals surface area contributed by atoms with Crippen molar-refractivity contribution in [3.05, 3.63) is 95.6 Å². The zero-order chi connectivity index (χ0) is 19.8. The third kappa shape index (κ3) is 4.98. The van der Waals surface area contributed by atoms with Crippen LogP contribution in [0.3, 0.4) is 0 Å². The summed E-state index contributed by atoms with van der Waals surface area (Å²) in [5.41, 5.74) is 1.82. The summed E-state index contributed by atoms with van der Waals surface area (Å²) in [5, 5.41) is 12.0. The number of aryl methyl sites for hydroxylation is 1. The number of anilines is 1. The third-order valence-electron chi connectivity index (χ3n) is 4.25. The number of amides is 1. The van der Waals surface area contributed by atoms with Crippen LogP contribution in [0.5, 0.6) is 5.75 Å².